The second-order valence-electron chi connectivity index (χ2n) is 5.09. The van der Waals surface area contributed by atoms with E-state index in [4.69, 9.17) is 0 Å². The summed E-state index contributed by atoms with van der Waals surface area (Å²) in [6.07, 6.45) is 8.11. The van der Waals surface area contributed by atoms with E-state index in [1.807, 2.05) is 0 Å². The third-order valence-electron chi connectivity index (χ3n) is 3.63. The summed E-state index contributed by atoms with van der Waals surface area (Å²) in [4.78, 5) is 0. The summed E-state index contributed by atoms with van der Waals surface area (Å²) in [6, 6.07) is 9.70. The fourth-order valence-electron chi connectivity index (χ4n) is 2.52. The van der Waals surface area contributed by atoms with Gasteiger partial charge in [0.25, 0.3) is 0 Å². The SMILES string of the molecule is C/C=C/CCNC1CC(c2cccc(C)c2)C1. The molecule has 17 heavy (non-hydrogen) atoms. The monoisotopic (exact) mass is 229 g/mol. The van der Waals surface area contributed by atoms with E-state index < -0.39 is 0 Å². The highest BCUT2D eigenvalue weighted by Gasteiger charge is 2.29. The summed E-state index contributed by atoms with van der Waals surface area (Å²) >= 11 is 0. The highest BCUT2D eigenvalue weighted by molar-refractivity contribution is 5.27. The molecule has 0 aliphatic heterocycles. The maximum absolute atomic E-state index is 3.62. The minimum absolute atomic E-state index is 0.741. The largest absolute Gasteiger partial charge is 0.314 e. The molecular formula is C16H23N. The summed E-state index contributed by atoms with van der Waals surface area (Å²) in [6.45, 7) is 5.38. The van der Waals surface area contributed by atoms with Crippen LogP contribution in [0.1, 0.15) is 43.2 Å². The zero-order valence-corrected chi connectivity index (χ0v) is 10.9. The standard InChI is InChI=1S/C16H23N/c1-3-4-5-9-17-16-11-15(12-16)14-8-6-7-13(2)10-14/h3-4,6-8,10,15-17H,5,9,11-12H2,1-2H3/b4-3+. The van der Waals surface area contributed by atoms with Crippen molar-refractivity contribution in [3.63, 3.8) is 0 Å². The number of hydrogen-bond donors (Lipinski definition) is 1. The Morgan fingerprint density at radius 1 is 1.35 bits per heavy atom. The van der Waals surface area contributed by atoms with Crippen LogP contribution in [0.15, 0.2) is 36.4 Å². The highest BCUT2D eigenvalue weighted by atomic mass is 14.9. The van der Waals surface area contributed by atoms with E-state index in [9.17, 15) is 0 Å². The molecule has 1 aliphatic rings. The van der Waals surface area contributed by atoms with Crippen molar-refractivity contribution < 1.29 is 0 Å². The van der Waals surface area contributed by atoms with E-state index in [-0.39, 0.29) is 0 Å². The van der Waals surface area contributed by atoms with Crippen LogP contribution < -0.4 is 5.32 Å². The highest BCUT2D eigenvalue weighted by Crippen LogP contribution is 2.36. The average Bonchev–Trinajstić information content (AvgIpc) is 2.26. The van der Waals surface area contributed by atoms with E-state index in [0.717, 1.165) is 24.9 Å². The number of nitrogens with one attached hydrogen (secondary N) is 1. The Kier molecular flexibility index (Phi) is 4.38. The molecule has 1 heteroatoms. The molecule has 0 radical (unpaired) electrons. The normalized spacial score (nSPS) is 23.9. The molecule has 1 saturated carbocycles. The van der Waals surface area contributed by atoms with Gasteiger partial charge in [0, 0.05) is 6.04 Å². The van der Waals surface area contributed by atoms with Gasteiger partial charge in [0.05, 0.1) is 0 Å². The summed E-state index contributed by atoms with van der Waals surface area (Å²) in [5.41, 5.74) is 2.91. The van der Waals surface area contributed by atoms with Crippen molar-refractivity contribution in [2.45, 2.75) is 45.1 Å². The summed E-state index contributed by atoms with van der Waals surface area (Å²) in [5.74, 6) is 0.786. The maximum Gasteiger partial charge on any atom is 0.00788 e. The third kappa shape index (κ3) is 3.44. The van der Waals surface area contributed by atoms with E-state index in [1.165, 1.54) is 24.0 Å². The number of hydrogen-bond acceptors (Lipinski definition) is 1. The predicted octanol–water partition coefficient (Wildman–Crippen LogP) is 3.80. The van der Waals surface area contributed by atoms with Gasteiger partial charge in [0.2, 0.25) is 0 Å². The van der Waals surface area contributed by atoms with E-state index >= 15 is 0 Å². The molecule has 0 amide bonds. The first-order valence-corrected chi connectivity index (χ1v) is 6.70. The lowest BCUT2D eigenvalue weighted by atomic mass is 9.75. The second-order valence-corrected chi connectivity index (χ2v) is 5.09. The number of aryl methyl sites for hydroxylation is 1. The molecule has 0 spiro atoms. The molecule has 0 bridgehead atoms. The van der Waals surface area contributed by atoms with Gasteiger partial charge in [-0.15, -0.1) is 0 Å². The molecule has 2 rings (SSSR count). The van der Waals surface area contributed by atoms with Gasteiger partial charge in [-0.25, -0.2) is 0 Å². The van der Waals surface area contributed by atoms with Crippen LogP contribution >= 0.6 is 0 Å². The van der Waals surface area contributed by atoms with E-state index in [2.05, 4.69) is 55.6 Å². The lowest BCUT2D eigenvalue weighted by molar-refractivity contribution is 0.293. The number of allylic oxidation sites excluding steroid dienone is 1. The minimum atomic E-state index is 0.741. The van der Waals surface area contributed by atoms with E-state index in [0.29, 0.717) is 0 Å². The minimum Gasteiger partial charge on any atom is -0.314 e. The van der Waals surface area contributed by atoms with Crippen molar-refractivity contribution in [1.82, 2.24) is 5.32 Å². The second kappa shape index (κ2) is 6.02. The van der Waals surface area contributed by atoms with Gasteiger partial charge in [-0.1, -0.05) is 42.0 Å². The maximum atomic E-state index is 3.62. The van der Waals surface area contributed by atoms with Gasteiger partial charge < -0.3 is 5.32 Å². The van der Waals surface area contributed by atoms with Crippen LogP contribution in [0.3, 0.4) is 0 Å². The average molecular weight is 229 g/mol. The Bertz CT molecular complexity index is 375. The zero-order valence-electron chi connectivity index (χ0n) is 10.9. The van der Waals surface area contributed by atoms with Gasteiger partial charge in [-0.3, -0.25) is 0 Å². The fraction of sp³-hybridized carbons (Fsp3) is 0.500. The molecule has 0 atom stereocenters. The number of rotatable bonds is 5. The van der Waals surface area contributed by atoms with Gasteiger partial charge in [0.1, 0.15) is 0 Å². The molecule has 0 saturated heterocycles. The molecule has 1 nitrogen and oxygen atoms in total. The van der Waals surface area contributed by atoms with Gasteiger partial charge in [-0.05, 0) is 51.1 Å². The molecule has 0 unspecified atom stereocenters. The lowest BCUT2D eigenvalue weighted by Gasteiger charge is -2.36. The molecule has 0 aromatic heterocycles. The molecule has 1 aliphatic carbocycles. The van der Waals surface area contributed by atoms with Crippen LogP contribution in [0.25, 0.3) is 0 Å². The van der Waals surface area contributed by atoms with Crippen molar-refractivity contribution in [2.24, 2.45) is 0 Å². The summed E-state index contributed by atoms with van der Waals surface area (Å²) in [7, 11) is 0. The summed E-state index contributed by atoms with van der Waals surface area (Å²) < 4.78 is 0. The first kappa shape index (κ1) is 12.4. The van der Waals surface area contributed by atoms with Crippen molar-refractivity contribution >= 4 is 0 Å². The molecule has 1 aromatic carbocycles. The fourth-order valence-corrected chi connectivity index (χ4v) is 2.52. The molecular weight excluding hydrogens is 206 g/mol. The molecule has 0 heterocycles. The van der Waals surface area contributed by atoms with Gasteiger partial charge in [0.15, 0.2) is 0 Å². The van der Waals surface area contributed by atoms with Crippen molar-refractivity contribution in [1.29, 1.82) is 0 Å². The van der Waals surface area contributed by atoms with Gasteiger partial charge >= 0.3 is 0 Å². The molecule has 92 valence electrons. The Hall–Kier alpha value is -1.08. The van der Waals surface area contributed by atoms with Crippen molar-refractivity contribution in [3.05, 3.63) is 47.5 Å². The lowest BCUT2D eigenvalue weighted by Crippen LogP contribution is -2.40. The molecule has 1 fully saturated rings. The molecule has 1 aromatic rings. The topological polar surface area (TPSA) is 12.0 Å². The Morgan fingerprint density at radius 2 is 2.18 bits per heavy atom. The van der Waals surface area contributed by atoms with Crippen LogP contribution in [0.4, 0.5) is 0 Å². The van der Waals surface area contributed by atoms with Gasteiger partial charge in [-0.2, -0.15) is 0 Å². The van der Waals surface area contributed by atoms with Crippen molar-refractivity contribution in [3.8, 4) is 0 Å². The third-order valence-corrected chi connectivity index (χ3v) is 3.63. The Morgan fingerprint density at radius 3 is 2.88 bits per heavy atom. The first-order valence-electron chi connectivity index (χ1n) is 6.70. The Labute approximate surface area is 105 Å². The Balaban J connectivity index is 1.72. The van der Waals surface area contributed by atoms with Crippen LogP contribution in [0, 0.1) is 6.92 Å². The predicted molar refractivity (Wildman–Crippen MR) is 74.4 cm³/mol. The van der Waals surface area contributed by atoms with E-state index in [1.54, 1.807) is 0 Å². The van der Waals surface area contributed by atoms with Crippen LogP contribution in [0.2, 0.25) is 0 Å². The quantitative estimate of drug-likeness (QED) is 0.598. The van der Waals surface area contributed by atoms with Crippen LogP contribution in [-0.4, -0.2) is 12.6 Å². The summed E-state index contributed by atoms with van der Waals surface area (Å²) in [5, 5.41) is 3.62. The van der Waals surface area contributed by atoms with Crippen LogP contribution in [0.5, 0.6) is 0 Å². The smallest absolute Gasteiger partial charge is 0.00788 e. The van der Waals surface area contributed by atoms with Crippen LogP contribution in [-0.2, 0) is 0 Å². The zero-order chi connectivity index (χ0) is 12.1. The molecule has 1 N–H and O–H groups in total. The van der Waals surface area contributed by atoms with Crippen molar-refractivity contribution in [2.75, 3.05) is 6.54 Å². The number of benzene rings is 1. The first-order chi connectivity index (χ1) is 8.29.